The topological polar surface area (TPSA) is 26.3 Å². The number of hydrogen-bond donors (Lipinski definition) is 0. The highest BCUT2D eigenvalue weighted by molar-refractivity contribution is 6.73. The maximum Gasteiger partial charge on any atom is 0.509 e. The minimum atomic E-state index is -5.29. The van der Waals surface area contributed by atoms with Gasteiger partial charge in [0.2, 0.25) is 0 Å². The van der Waals surface area contributed by atoms with Crippen LogP contribution < -0.4 is 5.46 Å². The molecule has 0 amide bonds. The maximum absolute atomic E-state index is 13.2. The number of carbonyl (C=O) groups excluding carboxylic acids is 1. The van der Waals surface area contributed by atoms with Crippen LogP contribution >= 0.6 is 0 Å². The van der Waals surface area contributed by atoms with Crippen LogP contribution in [0.2, 0.25) is 0 Å². The number of hydrogen-bond acceptors (Lipinski definition) is 2. The summed E-state index contributed by atoms with van der Waals surface area (Å²) in [7, 11) is 1.16. The first-order valence-electron chi connectivity index (χ1n) is 5.39. The molecule has 98 valence electrons. The quantitative estimate of drug-likeness (QED) is 0.473. The zero-order valence-corrected chi connectivity index (χ0v) is 9.55. The normalized spacial score (nSPS) is 17.4. The van der Waals surface area contributed by atoms with Crippen LogP contribution in [0.1, 0.15) is 18.4 Å². The van der Waals surface area contributed by atoms with Crippen molar-refractivity contribution >= 4 is 18.4 Å². The Hall–Kier alpha value is -1.53. The summed E-state index contributed by atoms with van der Waals surface area (Å²) in [5, 5.41) is 0. The molecule has 0 atom stereocenters. The smallest absolute Gasteiger partial charge is 0.468 e. The summed E-state index contributed by atoms with van der Waals surface area (Å²) in [6, 6.07) is 2.25. The van der Waals surface area contributed by atoms with Gasteiger partial charge in [0.25, 0.3) is 0 Å². The number of halogens is 4. The second-order valence-corrected chi connectivity index (χ2v) is 4.42. The van der Waals surface area contributed by atoms with Gasteiger partial charge < -0.3 is 17.7 Å². The van der Waals surface area contributed by atoms with Crippen molar-refractivity contribution in [2.24, 2.45) is 0 Å². The van der Waals surface area contributed by atoms with E-state index in [1.165, 1.54) is 0 Å². The van der Waals surface area contributed by atoms with E-state index in [0.717, 1.165) is 19.2 Å². The van der Waals surface area contributed by atoms with E-state index in [1.807, 2.05) is 0 Å². The molecule has 1 aliphatic rings. The highest BCUT2D eigenvalue weighted by Gasteiger charge is 2.53. The van der Waals surface area contributed by atoms with E-state index in [1.54, 1.807) is 0 Å². The molecule has 2 rings (SSSR count). The lowest BCUT2D eigenvalue weighted by Gasteiger charge is -2.19. The molecule has 1 fully saturated rings. The Morgan fingerprint density at radius 2 is 1.89 bits per heavy atom. The molecule has 0 spiro atoms. The minimum Gasteiger partial charge on any atom is -0.468 e. The Kier molecular flexibility index (Phi) is 2.87. The molecule has 0 bridgehead atoms. The molecule has 0 aliphatic heterocycles. The third kappa shape index (κ3) is 2.09. The first kappa shape index (κ1) is 12.9. The summed E-state index contributed by atoms with van der Waals surface area (Å²) in [6.45, 7) is -5.29. The van der Waals surface area contributed by atoms with E-state index >= 15 is 0 Å². The number of methoxy groups -OCH3 is 1. The Morgan fingerprint density at radius 3 is 2.33 bits per heavy atom. The van der Waals surface area contributed by atoms with Crippen molar-refractivity contribution in [2.45, 2.75) is 18.3 Å². The predicted octanol–water partition coefficient (Wildman–Crippen LogP) is 2.08. The lowest BCUT2D eigenvalue weighted by atomic mass is 9.77. The summed E-state index contributed by atoms with van der Waals surface area (Å²) >= 11 is 0. The van der Waals surface area contributed by atoms with Crippen LogP contribution in [-0.2, 0) is 14.9 Å². The molecule has 0 heterocycles. The average molecular weight is 261 g/mol. The molecular formula is C11H10BF4O2-. The Balaban J connectivity index is 2.47. The zero-order valence-electron chi connectivity index (χ0n) is 9.55. The molecule has 0 aromatic heterocycles. The van der Waals surface area contributed by atoms with Crippen LogP contribution in [-0.4, -0.2) is 20.1 Å². The molecule has 7 heteroatoms. The molecule has 0 radical (unpaired) electrons. The molecule has 0 N–H and O–H groups in total. The molecule has 1 aliphatic carbocycles. The number of benzene rings is 1. The van der Waals surface area contributed by atoms with Crippen LogP contribution in [0.4, 0.5) is 17.3 Å². The fraction of sp³-hybridized carbons (Fsp3) is 0.364. The number of ether oxygens (including phenoxy) is 1. The standard InChI is InChI=1S/C11H10BF4O2/c1-18-10(17)11(2-3-11)7-4-8(12(14,15)16)6-9(13)5-7/h4-6H,2-3H2,1H3/q-1. The van der Waals surface area contributed by atoms with Gasteiger partial charge in [0.1, 0.15) is 5.82 Å². The first-order valence-corrected chi connectivity index (χ1v) is 5.39. The van der Waals surface area contributed by atoms with E-state index in [2.05, 4.69) is 4.74 Å². The molecule has 1 aromatic rings. The Morgan fingerprint density at radius 1 is 1.28 bits per heavy atom. The third-order valence-corrected chi connectivity index (χ3v) is 3.18. The monoisotopic (exact) mass is 261 g/mol. The lowest BCUT2D eigenvalue weighted by Crippen LogP contribution is -2.36. The SMILES string of the molecule is COC(=O)C1(c2cc(F)cc([B-](F)(F)F)c2)CC1. The number of rotatable bonds is 3. The number of esters is 1. The second kappa shape index (κ2) is 4.00. The van der Waals surface area contributed by atoms with Crippen LogP contribution in [0.15, 0.2) is 18.2 Å². The summed E-state index contributed by atoms with van der Waals surface area (Å²) in [4.78, 5) is 11.5. The predicted molar refractivity (Wildman–Crippen MR) is 58.0 cm³/mol. The van der Waals surface area contributed by atoms with Crippen molar-refractivity contribution in [1.82, 2.24) is 0 Å². The van der Waals surface area contributed by atoms with Gasteiger partial charge in [-0.1, -0.05) is 12.1 Å². The maximum atomic E-state index is 13.2. The molecule has 1 saturated carbocycles. The first-order chi connectivity index (χ1) is 8.29. The van der Waals surface area contributed by atoms with Crippen molar-refractivity contribution in [1.29, 1.82) is 0 Å². The van der Waals surface area contributed by atoms with Crippen LogP contribution in [0.5, 0.6) is 0 Å². The molecule has 2 nitrogen and oxygen atoms in total. The minimum absolute atomic E-state index is 0.0450. The van der Waals surface area contributed by atoms with Gasteiger partial charge in [0.05, 0.1) is 12.5 Å². The molecule has 18 heavy (non-hydrogen) atoms. The summed E-state index contributed by atoms with van der Waals surface area (Å²) in [6.07, 6.45) is 0.765. The van der Waals surface area contributed by atoms with Gasteiger partial charge in [-0.25, -0.2) is 4.39 Å². The van der Waals surface area contributed by atoms with Gasteiger partial charge in [-0.05, 0) is 24.5 Å². The molecule has 1 aromatic carbocycles. The van der Waals surface area contributed by atoms with Gasteiger partial charge in [-0.3, -0.25) is 4.79 Å². The fourth-order valence-corrected chi connectivity index (χ4v) is 2.01. The Bertz CT molecular complexity index is 494. The molecule has 0 saturated heterocycles. The van der Waals surface area contributed by atoms with E-state index in [-0.39, 0.29) is 5.56 Å². The molecule has 0 unspecified atom stereocenters. The number of carbonyl (C=O) groups is 1. The largest absolute Gasteiger partial charge is 0.509 e. The van der Waals surface area contributed by atoms with Crippen LogP contribution in [0.25, 0.3) is 0 Å². The van der Waals surface area contributed by atoms with Gasteiger partial charge in [-0.2, -0.15) is 0 Å². The highest BCUT2D eigenvalue weighted by Crippen LogP contribution is 2.49. The third-order valence-electron chi connectivity index (χ3n) is 3.18. The van der Waals surface area contributed by atoms with E-state index in [4.69, 9.17) is 0 Å². The van der Waals surface area contributed by atoms with Gasteiger partial charge in [0, 0.05) is 0 Å². The molecular weight excluding hydrogens is 251 g/mol. The Labute approximate surface area is 101 Å². The second-order valence-electron chi connectivity index (χ2n) is 4.42. The van der Waals surface area contributed by atoms with E-state index < -0.39 is 29.6 Å². The van der Waals surface area contributed by atoms with Crippen molar-refractivity contribution in [3.05, 3.63) is 29.6 Å². The van der Waals surface area contributed by atoms with Gasteiger partial charge in [-0.15, -0.1) is 5.46 Å². The van der Waals surface area contributed by atoms with E-state index in [0.29, 0.717) is 18.9 Å². The lowest BCUT2D eigenvalue weighted by molar-refractivity contribution is -0.143. The summed E-state index contributed by atoms with van der Waals surface area (Å²) in [5.41, 5.74) is -2.07. The van der Waals surface area contributed by atoms with E-state index in [9.17, 15) is 22.1 Å². The summed E-state index contributed by atoms with van der Waals surface area (Å²) < 4.78 is 55.7. The highest BCUT2D eigenvalue weighted by atomic mass is 19.4. The van der Waals surface area contributed by atoms with Crippen molar-refractivity contribution in [2.75, 3.05) is 7.11 Å². The van der Waals surface area contributed by atoms with Gasteiger partial charge >= 0.3 is 12.9 Å². The fourth-order valence-electron chi connectivity index (χ4n) is 2.01. The van der Waals surface area contributed by atoms with Crippen molar-refractivity contribution in [3.63, 3.8) is 0 Å². The average Bonchev–Trinajstić information content (AvgIpc) is 3.07. The van der Waals surface area contributed by atoms with Crippen LogP contribution in [0.3, 0.4) is 0 Å². The van der Waals surface area contributed by atoms with Crippen molar-refractivity contribution in [3.8, 4) is 0 Å². The van der Waals surface area contributed by atoms with Gasteiger partial charge in [0.15, 0.2) is 0 Å². The van der Waals surface area contributed by atoms with Crippen molar-refractivity contribution < 1.29 is 26.9 Å². The zero-order chi connectivity index (χ0) is 13.6. The van der Waals surface area contributed by atoms with Crippen LogP contribution in [0, 0.1) is 5.82 Å². The summed E-state index contributed by atoms with van der Waals surface area (Å²) in [5.74, 6) is -1.61.